The summed E-state index contributed by atoms with van der Waals surface area (Å²) in [6.07, 6.45) is 0. The van der Waals surface area contributed by atoms with Crippen LogP contribution < -0.4 is 10.6 Å². The Balaban J connectivity index is 1.82. The number of benzene rings is 3. The first kappa shape index (κ1) is 19.1. The third kappa shape index (κ3) is 5.16. The molecule has 5 heteroatoms. The van der Waals surface area contributed by atoms with Crippen LogP contribution >= 0.6 is 11.6 Å². The lowest BCUT2D eigenvalue weighted by Gasteiger charge is -2.24. The Morgan fingerprint density at radius 2 is 1.59 bits per heavy atom. The normalized spacial score (nSPS) is 13.0. The summed E-state index contributed by atoms with van der Waals surface area (Å²) in [5.41, 5.74) is 2.36. The van der Waals surface area contributed by atoms with E-state index in [1.54, 1.807) is 0 Å². The van der Waals surface area contributed by atoms with E-state index in [1.807, 2.05) is 61.5 Å². The van der Waals surface area contributed by atoms with Gasteiger partial charge in [-0.15, -0.1) is 0 Å². The Hall–Kier alpha value is -2.69. The maximum Gasteiger partial charge on any atom is 0.246 e. The van der Waals surface area contributed by atoms with Crippen LogP contribution in [0.15, 0.2) is 78.9 Å². The van der Waals surface area contributed by atoms with Gasteiger partial charge in [0, 0.05) is 16.8 Å². The fraction of sp³-hybridized carbons (Fsp3) is 0.136. The predicted molar refractivity (Wildman–Crippen MR) is 107 cm³/mol. The smallest absolute Gasteiger partial charge is 0.246 e. The van der Waals surface area contributed by atoms with Crippen molar-refractivity contribution < 1.29 is 9.18 Å². The molecular formula is C22H20ClFN2O. The molecule has 2 N–H and O–H groups in total. The molecule has 0 aliphatic rings. The molecule has 0 unspecified atom stereocenters. The van der Waals surface area contributed by atoms with Crippen LogP contribution in [0.1, 0.15) is 30.1 Å². The molecule has 0 saturated carbocycles. The van der Waals surface area contributed by atoms with Crippen LogP contribution in [0, 0.1) is 5.82 Å². The summed E-state index contributed by atoms with van der Waals surface area (Å²) in [6.45, 7) is 1.98. The summed E-state index contributed by atoms with van der Waals surface area (Å²) in [5, 5.41) is 6.85. The Kier molecular flexibility index (Phi) is 6.22. The Morgan fingerprint density at radius 1 is 0.926 bits per heavy atom. The molecule has 3 rings (SSSR count). The molecule has 0 aromatic heterocycles. The number of hydrogen-bond acceptors (Lipinski definition) is 2. The van der Waals surface area contributed by atoms with Crippen molar-refractivity contribution in [3.05, 3.63) is 101 Å². The highest BCUT2D eigenvalue weighted by atomic mass is 35.5. The molecule has 0 radical (unpaired) electrons. The zero-order valence-corrected chi connectivity index (χ0v) is 15.6. The first-order valence-electron chi connectivity index (χ1n) is 8.66. The molecule has 138 valence electrons. The second-order valence-electron chi connectivity index (χ2n) is 6.28. The van der Waals surface area contributed by atoms with Gasteiger partial charge in [-0.1, -0.05) is 54.1 Å². The van der Waals surface area contributed by atoms with Gasteiger partial charge in [0.25, 0.3) is 0 Å². The molecule has 0 spiro atoms. The summed E-state index contributed by atoms with van der Waals surface area (Å²) < 4.78 is 13.1. The number of anilines is 1. The monoisotopic (exact) mass is 382 g/mol. The number of hydrogen-bond donors (Lipinski definition) is 2. The van der Waals surface area contributed by atoms with Gasteiger partial charge in [-0.3, -0.25) is 10.1 Å². The number of carbonyl (C=O) groups is 1. The number of rotatable bonds is 6. The quantitative estimate of drug-likeness (QED) is 0.590. The predicted octanol–water partition coefficient (Wildman–Crippen LogP) is 5.51. The van der Waals surface area contributed by atoms with Gasteiger partial charge in [0.15, 0.2) is 0 Å². The molecule has 0 aliphatic carbocycles. The average molecular weight is 383 g/mol. The van der Waals surface area contributed by atoms with Gasteiger partial charge < -0.3 is 5.32 Å². The fourth-order valence-corrected chi connectivity index (χ4v) is 3.04. The minimum atomic E-state index is -0.578. The van der Waals surface area contributed by atoms with E-state index in [0.29, 0.717) is 10.7 Å². The highest BCUT2D eigenvalue weighted by molar-refractivity contribution is 6.30. The van der Waals surface area contributed by atoms with Crippen LogP contribution in [-0.4, -0.2) is 5.91 Å². The van der Waals surface area contributed by atoms with E-state index >= 15 is 0 Å². The Labute approximate surface area is 163 Å². The van der Waals surface area contributed by atoms with E-state index in [-0.39, 0.29) is 17.8 Å². The number of halogens is 2. The molecule has 3 aromatic rings. The van der Waals surface area contributed by atoms with Gasteiger partial charge in [-0.05, 0) is 54.4 Å². The van der Waals surface area contributed by atoms with Gasteiger partial charge >= 0.3 is 0 Å². The van der Waals surface area contributed by atoms with Crippen LogP contribution in [0.25, 0.3) is 0 Å². The summed E-state index contributed by atoms with van der Waals surface area (Å²) >= 11 is 6.09. The number of nitrogens with one attached hydrogen (secondary N) is 2. The molecular weight excluding hydrogens is 363 g/mol. The molecule has 3 aromatic carbocycles. The van der Waals surface area contributed by atoms with Crippen molar-refractivity contribution in [2.45, 2.75) is 19.0 Å². The molecule has 0 aliphatic heterocycles. The van der Waals surface area contributed by atoms with Crippen molar-refractivity contribution in [1.29, 1.82) is 0 Å². The van der Waals surface area contributed by atoms with E-state index in [1.165, 1.54) is 24.3 Å². The van der Waals surface area contributed by atoms with E-state index in [9.17, 15) is 9.18 Å². The summed E-state index contributed by atoms with van der Waals surface area (Å²) in [7, 11) is 0. The zero-order valence-electron chi connectivity index (χ0n) is 14.8. The average Bonchev–Trinajstić information content (AvgIpc) is 2.68. The maximum absolute atomic E-state index is 13.1. The topological polar surface area (TPSA) is 41.1 Å². The molecule has 27 heavy (non-hydrogen) atoms. The highest BCUT2D eigenvalue weighted by Gasteiger charge is 2.23. The van der Waals surface area contributed by atoms with Crippen molar-refractivity contribution in [1.82, 2.24) is 5.32 Å². The lowest BCUT2D eigenvalue weighted by atomic mass is 10.0. The number of amides is 1. The van der Waals surface area contributed by atoms with Crippen LogP contribution in [0.3, 0.4) is 0 Å². The SMILES string of the molecule is C[C@@H](N[C@@H](C(=O)Nc1ccc(F)cc1)c1ccccc1)c1cccc(Cl)c1. The summed E-state index contributed by atoms with van der Waals surface area (Å²) in [6, 6.07) is 22.0. The Morgan fingerprint density at radius 3 is 2.26 bits per heavy atom. The second-order valence-corrected chi connectivity index (χ2v) is 6.72. The standard InChI is InChI=1S/C22H20ClFN2O/c1-15(17-8-5-9-18(23)14-17)25-21(16-6-3-2-4-7-16)22(27)26-20-12-10-19(24)11-13-20/h2-15,21,25H,1H3,(H,26,27)/t15-,21-/m1/s1. The molecule has 0 heterocycles. The first-order valence-corrected chi connectivity index (χ1v) is 9.03. The first-order chi connectivity index (χ1) is 13.0. The minimum Gasteiger partial charge on any atom is -0.324 e. The van der Waals surface area contributed by atoms with E-state index in [2.05, 4.69) is 10.6 Å². The molecule has 0 bridgehead atoms. The van der Waals surface area contributed by atoms with Crippen molar-refractivity contribution in [3.63, 3.8) is 0 Å². The van der Waals surface area contributed by atoms with E-state index in [4.69, 9.17) is 11.6 Å². The lowest BCUT2D eigenvalue weighted by Crippen LogP contribution is -2.34. The third-order valence-electron chi connectivity index (χ3n) is 4.27. The zero-order chi connectivity index (χ0) is 19.2. The Bertz CT molecular complexity index is 900. The van der Waals surface area contributed by atoms with Crippen LogP contribution in [0.5, 0.6) is 0 Å². The van der Waals surface area contributed by atoms with E-state index in [0.717, 1.165) is 11.1 Å². The fourth-order valence-electron chi connectivity index (χ4n) is 2.84. The third-order valence-corrected chi connectivity index (χ3v) is 4.51. The molecule has 1 amide bonds. The van der Waals surface area contributed by atoms with Gasteiger partial charge in [0.1, 0.15) is 11.9 Å². The maximum atomic E-state index is 13.1. The largest absolute Gasteiger partial charge is 0.324 e. The van der Waals surface area contributed by atoms with Crippen LogP contribution in [0.4, 0.5) is 10.1 Å². The van der Waals surface area contributed by atoms with Crippen molar-refractivity contribution in [2.75, 3.05) is 5.32 Å². The van der Waals surface area contributed by atoms with Crippen molar-refractivity contribution in [3.8, 4) is 0 Å². The van der Waals surface area contributed by atoms with Crippen molar-refractivity contribution in [2.24, 2.45) is 0 Å². The van der Waals surface area contributed by atoms with Crippen LogP contribution in [0.2, 0.25) is 5.02 Å². The highest BCUT2D eigenvalue weighted by Crippen LogP contribution is 2.23. The lowest BCUT2D eigenvalue weighted by molar-refractivity contribution is -0.118. The second kappa shape index (κ2) is 8.80. The summed E-state index contributed by atoms with van der Waals surface area (Å²) in [5.74, 6) is -0.568. The number of carbonyl (C=O) groups excluding carboxylic acids is 1. The van der Waals surface area contributed by atoms with Gasteiger partial charge in [-0.25, -0.2) is 4.39 Å². The van der Waals surface area contributed by atoms with Crippen LogP contribution in [-0.2, 0) is 4.79 Å². The van der Waals surface area contributed by atoms with Gasteiger partial charge in [0.05, 0.1) is 0 Å². The summed E-state index contributed by atoms with van der Waals surface area (Å²) in [4.78, 5) is 12.9. The molecule has 3 nitrogen and oxygen atoms in total. The molecule has 0 saturated heterocycles. The minimum absolute atomic E-state index is 0.104. The van der Waals surface area contributed by atoms with Gasteiger partial charge in [-0.2, -0.15) is 0 Å². The molecule has 0 fully saturated rings. The van der Waals surface area contributed by atoms with E-state index < -0.39 is 6.04 Å². The van der Waals surface area contributed by atoms with Crippen molar-refractivity contribution >= 4 is 23.2 Å². The van der Waals surface area contributed by atoms with Gasteiger partial charge in [0.2, 0.25) is 5.91 Å². The molecule has 2 atom stereocenters.